The van der Waals surface area contributed by atoms with Gasteiger partial charge in [0.15, 0.2) is 0 Å². The molecule has 1 heterocycles. The molecule has 20 heavy (non-hydrogen) atoms. The molecule has 0 aromatic heterocycles. The summed E-state index contributed by atoms with van der Waals surface area (Å²) in [6, 6.07) is 4.84. The second-order valence-electron chi connectivity index (χ2n) is 5.13. The monoisotopic (exact) mass is 299 g/mol. The Morgan fingerprint density at radius 1 is 1.25 bits per heavy atom. The number of hydrogen-bond acceptors (Lipinski definition) is 4. The molecule has 1 atom stereocenters. The Kier molecular flexibility index (Phi) is 4.55. The Labute approximate surface area is 120 Å². The van der Waals surface area contributed by atoms with Crippen molar-refractivity contribution in [1.82, 2.24) is 4.31 Å². The first-order valence-corrected chi connectivity index (χ1v) is 8.15. The first kappa shape index (κ1) is 15.1. The molecule has 0 spiro atoms. The molecule has 0 saturated carbocycles. The van der Waals surface area contributed by atoms with E-state index in [0.717, 1.165) is 12.8 Å². The standard InChI is InChI=1S/C14H21NO4S/c1-11-5-4-8-15(10-11)20(16,17)14-9-12(18-2)6-7-13(14)19-3/h6-7,9,11H,4-5,8,10H2,1-3H3/t11-/m0/s1. The lowest BCUT2D eigenvalue weighted by Crippen LogP contribution is -2.39. The Balaban J connectivity index is 2.42. The van der Waals surface area contributed by atoms with Crippen molar-refractivity contribution in [2.24, 2.45) is 5.92 Å². The van der Waals surface area contributed by atoms with Crippen molar-refractivity contribution in [2.45, 2.75) is 24.7 Å². The van der Waals surface area contributed by atoms with Crippen molar-refractivity contribution < 1.29 is 17.9 Å². The van der Waals surface area contributed by atoms with Crippen molar-refractivity contribution in [2.75, 3.05) is 27.3 Å². The fraction of sp³-hybridized carbons (Fsp3) is 0.571. The lowest BCUT2D eigenvalue weighted by atomic mass is 10.0. The third-order valence-electron chi connectivity index (χ3n) is 3.61. The smallest absolute Gasteiger partial charge is 0.246 e. The van der Waals surface area contributed by atoms with Gasteiger partial charge in [-0.25, -0.2) is 8.42 Å². The molecule has 6 heteroatoms. The molecule has 0 N–H and O–H groups in total. The van der Waals surface area contributed by atoms with Crippen LogP contribution in [0.1, 0.15) is 19.8 Å². The van der Waals surface area contributed by atoms with Gasteiger partial charge >= 0.3 is 0 Å². The van der Waals surface area contributed by atoms with Gasteiger partial charge in [-0.05, 0) is 30.9 Å². The van der Waals surface area contributed by atoms with E-state index in [4.69, 9.17) is 9.47 Å². The predicted molar refractivity (Wildman–Crippen MR) is 76.7 cm³/mol. The quantitative estimate of drug-likeness (QED) is 0.854. The highest BCUT2D eigenvalue weighted by Gasteiger charge is 2.31. The number of nitrogens with zero attached hydrogens (tertiary/aromatic N) is 1. The van der Waals surface area contributed by atoms with Crippen molar-refractivity contribution in [3.63, 3.8) is 0 Å². The Bertz CT molecular complexity index is 571. The maximum Gasteiger partial charge on any atom is 0.246 e. The van der Waals surface area contributed by atoms with Crippen LogP contribution in [0.4, 0.5) is 0 Å². The second kappa shape index (κ2) is 6.01. The van der Waals surface area contributed by atoms with E-state index in [-0.39, 0.29) is 4.90 Å². The summed E-state index contributed by atoms with van der Waals surface area (Å²) < 4.78 is 37.4. The van der Waals surface area contributed by atoms with Crippen LogP contribution in [0.3, 0.4) is 0 Å². The van der Waals surface area contributed by atoms with Gasteiger partial charge in [-0.15, -0.1) is 0 Å². The maximum atomic E-state index is 12.8. The van der Waals surface area contributed by atoms with Crippen molar-refractivity contribution >= 4 is 10.0 Å². The zero-order valence-corrected chi connectivity index (χ0v) is 12.9. The van der Waals surface area contributed by atoms with Crippen LogP contribution in [-0.4, -0.2) is 40.0 Å². The largest absolute Gasteiger partial charge is 0.497 e. The molecule has 0 unspecified atom stereocenters. The lowest BCUT2D eigenvalue weighted by molar-refractivity contribution is 0.280. The van der Waals surface area contributed by atoms with Crippen LogP contribution in [0.15, 0.2) is 23.1 Å². The second-order valence-corrected chi connectivity index (χ2v) is 7.03. The molecule has 1 fully saturated rings. The van der Waals surface area contributed by atoms with Crippen LogP contribution in [0.2, 0.25) is 0 Å². The molecule has 0 aliphatic carbocycles. The number of hydrogen-bond donors (Lipinski definition) is 0. The molecule has 0 radical (unpaired) electrons. The number of rotatable bonds is 4. The molecular weight excluding hydrogens is 278 g/mol. The van der Waals surface area contributed by atoms with E-state index in [1.54, 1.807) is 16.4 Å². The predicted octanol–water partition coefficient (Wildman–Crippen LogP) is 2.12. The van der Waals surface area contributed by atoms with Crippen LogP contribution >= 0.6 is 0 Å². The number of benzene rings is 1. The normalized spacial score (nSPS) is 20.6. The van der Waals surface area contributed by atoms with Gasteiger partial charge in [0.1, 0.15) is 16.4 Å². The minimum absolute atomic E-state index is 0.174. The van der Waals surface area contributed by atoms with Gasteiger partial charge in [-0.3, -0.25) is 0 Å². The SMILES string of the molecule is COc1ccc(OC)c(S(=O)(=O)N2CCC[C@H](C)C2)c1. The summed E-state index contributed by atoms with van der Waals surface area (Å²) >= 11 is 0. The molecule has 1 aromatic carbocycles. The summed E-state index contributed by atoms with van der Waals surface area (Å²) in [5, 5.41) is 0. The number of piperidine rings is 1. The van der Waals surface area contributed by atoms with Gasteiger partial charge in [0.25, 0.3) is 0 Å². The average molecular weight is 299 g/mol. The van der Waals surface area contributed by atoms with Gasteiger partial charge in [0.05, 0.1) is 14.2 Å². The van der Waals surface area contributed by atoms with Crippen LogP contribution < -0.4 is 9.47 Å². The zero-order chi connectivity index (χ0) is 14.8. The van der Waals surface area contributed by atoms with Crippen LogP contribution in [0, 0.1) is 5.92 Å². The van der Waals surface area contributed by atoms with E-state index in [2.05, 4.69) is 6.92 Å². The molecule has 1 saturated heterocycles. The Morgan fingerprint density at radius 2 is 2.00 bits per heavy atom. The van der Waals surface area contributed by atoms with Crippen LogP contribution in [0.5, 0.6) is 11.5 Å². The first-order valence-electron chi connectivity index (χ1n) is 6.71. The third-order valence-corrected chi connectivity index (χ3v) is 5.49. The minimum atomic E-state index is -3.54. The topological polar surface area (TPSA) is 55.8 Å². The average Bonchev–Trinajstić information content (AvgIpc) is 2.46. The summed E-state index contributed by atoms with van der Waals surface area (Å²) in [4.78, 5) is 0.174. The molecule has 0 bridgehead atoms. The van der Waals surface area contributed by atoms with Crippen molar-refractivity contribution in [3.8, 4) is 11.5 Å². The highest BCUT2D eigenvalue weighted by molar-refractivity contribution is 7.89. The summed E-state index contributed by atoms with van der Waals surface area (Å²) in [5.41, 5.74) is 0. The van der Waals surface area contributed by atoms with Gasteiger partial charge in [0.2, 0.25) is 10.0 Å². The minimum Gasteiger partial charge on any atom is -0.497 e. The van der Waals surface area contributed by atoms with E-state index < -0.39 is 10.0 Å². The number of ether oxygens (including phenoxy) is 2. The van der Waals surface area contributed by atoms with Crippen molar-refractivity contribution in [3.05, 3.63) is 18.2 Å². The number of methoxy groups -OCH3 is 2. The third kappa shape index (κ3) is 2.91. The first-order chi connectivity index (χ1) is 9.48. The number of sulfonamides is 1. The fourth-order valence-electron chi connectivity index (χ4n) is 2.49. The summed E-state index contributed by atoms with van der Waals surface area (Å²) in [6.45, 7) is 3.19. The molecule has 1 aliphatic rings. The molecule has 1 aromatic rings. The molecule has 1 aliphatic heterocycles. The Hall–Kier alpha value is -1.27. The zero-order valence-electron chi connectivity index (χ0n) is 12.1. The molecular formula is C14H21NO4S. The Morgan fingerprint density at radius 3 is 2.60 bits per heavy atom. The maximum absolute atomic E-state index is 12.8. The van der Waals surface area contributed by atoms with E-state index in [1.807, 2.05) is 0 Å². The molecule has 5 nitrogen and oxygen atoms in total. The van der Waals surface area contributed by atoms with E-state index in [0.29, 0.717) is 30.5 Å². The highest BCUT2D eigenvalue weighted by Crippen LogP contribution is 2.32. The summed E-state index contributed by atoms with van der Waals surface area (Å²) in [6.07, 6.45) is 1.97. The van der Waals surface area contributed by atoms with Crippen LogP contribution in [0.25, 0.3) is 0 Å². The van der Waals surface area contributed by atoms with Crippen molar-refractivity contribution in [1.29, 1.82) is 0 Å². The van der Waals surface area contributed by atoms with E-state index in [1.165, 1.54) is 20.3 Å². The lowest BCUT2D eigenvalue weighted by Gasteiger charge is -2.30. The van der Waals surface area contributed by atoms with Gasteiger partial charge in [0, 0.05) is 19.2 Å². The van der Waals surface area contributed by atoms with Crippen LogP contribution in [-0.2, 0) is 10.0 Å². The molecule has 112 valence electrons. The van der Waals surface area contributed by atoms with Gasteiger partial charge in [-0.2, -0.15) is 4.31 Å². The van der Waals surface area contributed by atoms with Gasteiger partial charge in [-0.1, -0.05) is 6.92 Å². The highest BCUT2D eigenvalue weighted by atomic mass is 32.2. The summed E-state index contributed by atoms with van der Waals surface area (Å²) in [7, 11) is -0.555. The van der Waals surface area contributed by atoms with E-state index >= 15 is 0 Å². The molecule has 2 rings (SSSR count). The summed E-state index contributed by atoms with van der Waals surface area (Å²) in [5.74, 6) is 1.24. The fourth-order valence-corrected chi connectivity index (χ4v) is 4.26. The molecule has 0 amide bonds. The van der Waals surface area contributed by atoms with E-state index in [9.17, 15) is 8.42 Å². The van der Waals surface area contributed by atoms with Gasteiger partial charge < -0.3 is 9.47 Å².